The zero-order valence-electron chi connectivity index (χ0n) is 17.2. The van der Waals surface area contributed by atoms with E-state index in [2.05, 4.69) is 45.7 Å². The number of carbonyl (C=O) groups is 1. The Morgan fingerprint density at radius 1 is 1.17 bits per heavy atom. The molecule has 6 nitrogen and oxygen atoms in total. The minimum atomic E-state index is -0.0804. The van der Waals surface area contributed by atoms with Crippen LogP contribution < -0.4 is 14.8 Å². The van der Waals surface area contributed by atoms with Crippen molar-refractivity contribution in [1.29, 1.82) is 0 Å². The van der Waals surface area contributed by atoms with E-state index in [4.69, 9.17) is 21.1 Å². The fourth-order valence-corrected chi connectivity index (χ4v) is 4.42. The van der Waals surface area contributed by atoms with Crippen molar-refractivity contribution in [2.24, 2.45) is 0 Å². The second kappa shape index (κ2) is 8.98. The molecule has 2 aromatic carbocycles. The van der Waals surface area contributed by atoms with E-state index < -0.39 is 0 Å². The van der Waals surface area contributed by atoms with Crippen LogP contribution in [-0.4, -0.2) is 49.6 Å². The van der Waals surface area contributed by atoms with Gasteiger partial charge in [0, 0.05) is 29.2 Å². The molecule has 2 heterocycles. The number of fused-ring (bicyclic) bond motifs is 1. The van der Waals surface area contributed by atoms with E-state index in [0.717, 1.165) is 25.9 Å². The quantitative estimate of drug-likeness (QED) is 0.600. The van der Waals surface area contributed by atoms with E-state index in [9.17, 15) is 4.79 Å². The van der Waals surface area contributed by atoms with Gasteiger partial charge in [-0.1, -0.05) is 29.8 Å². The Hall–Kier alpha value is -2.70. The van der Waals surface area contributed by atoms with Crippen molar-refractivity contribution >= 4 is 34.1 Å². The van der Waals surface area contributed by atoms with Gasteiger partial charge in [0.1, 0.15) is 11.5 Å². The molecule has 1 aliphatic rings. The van der Waals surface area contributed by atoms with Gasteiger partial charge in [-0.2, -0.15) is 0 Å². The van der Waals surface area contributed by atoms with E-state index in [1.165, 1.54) is 23.6 Å². The fourth-order valence-electron chi connectivity index (χ4n) is 4.18. The number of likely N-dealkylation sites (tertiary alicyclic amines) is 1. The van der Waals surface area contributed by atoms with Crippen molar-refractivity contribution in [3.63, 3.8) is 0 Å². The molecule has 0 atom stereocenters. The maximum atomic E-state index is 12.6. The fraction of sp³-hybridized carbons (Fsp3) is 0.348. The highest BCUT2D eigenvalue weighted by atomic mass is 35.5. The number of carbonyl (C=O) groups excluding carboxylic acids is 1. The summed E-state index contributed by atoms with van der Waals surface area (Å²) >= 11 is 6.14. The van der Waals surface area contributed by atoms with Gasteiger partial charge in [0.2, 0.25) is 5.91 Å². The molecule has 4 rings (SSSR count). The van der Waals surface area contributed by atoms with Crippen molar-refractivity contribution in [2.75, 3.05) is 39.2 Å². The predicted molar refractivity (Wildman–Crippen MR) is 120 cm³/mol. The third-order valence-corrected chi connectivity index (χ3v) is 6.06. The summed E-state index contributed by atoms with van der Waals surface area (Å²) in [5.74, 6) is 1.43. The van der Waals surface area contributed by atoms with Crippen LogP contribution in [0.5, 0.6) is 11.5 Å². The Labute approximate surface area is 181 Å². The van der Waals surface area contributed by atoms with Gasteiger partial charge >= 0.3 is 0 Å². The molecule has 0 radical (unpaired) electrons. The molecule has 0 aliphatic carbocycles. The maximum Gasteiger partial charge on any atom is 0.238 e. The first-order valence-electron chi connectivity index (χ1n) is 10.1. The highest BCUT2D eigenvalue weighted by molar-refractivity contribution is 6.32. The van der Waals surface area contributed by atoms with Gasteiger partial charge in [0.15, 0.2) is 0 Å². The summed E-state index contributed by atoms with van der Waals surface area (Å²) in [5.41, 5.74) is 3.12. The Morgan fingerprint density at radius 2 is 1.90 bits per heavy atom. The Morgan fingerprint density at radius 3 is 2.63 bits per heavy atom. The topological polar surface area (TPSA) is 66.6 Å². The maximum absolute atomic E-state index is 12.6. The number of anilines is 1. The first kappa shape index (κ1) is 20.6. The number of nitrogens with one attached hydrogen (secondary N) is 2. The van der Waals surface area contributed by atoms with Crippen LogP contribution in [0.15, 0.2) is 42.6 Å². The molecule has 0 bridgehead atoms. The molecule has 1 aliphatic heterocycles. The third kappa shape index (κ3) is 4.25. The Balaban J connectivity index is 1.36. The number of methoxy groups -OCH3 is 2. The molecule has 1 amide bonds. The van der Waals surface area contributed by atoms with Gasteiger partial charge in [0.05, 0.1) is 31.5 Å². The summed E-state index contributed by atoms with van der Waals surface area (Å²) in [6, 6.07) is 11.7. The number of aromatic amines is 1. The lowest BCUT2D eigenvalue weighted by atomic mass is 9.89. The van der Waals surface area contributed by atoms with Crippen LogP contribution in [0.2, 0.25) is 5.02 Å². The van der Waals surface area contributed by atoms with Crippen LogP contribution >= 0.6 is 11.6 Å². The molecular formula is C23H26ClN3O3. The molecule has 30 heavy (non-hydrogen) atoms. The average Bonchev–Trinajstić information content (AvgIpc) is 3.19. The number of halogens is 1. The summed E-state index contributed by atoms with van der Waals surface area (Å²) in [6.45, 7) is 2.12. The molecule has 1 aromatic heterocycles. The smallest absolute Gasteiger partial charge is 0.238 e. The van der Waals surface area contributed by atoms with Crippen LogP contribution in [0.1, 0.15) is 24.3 Å². The van der Waals surface area contributed by atoms with Crippen LogP contribution in [0, 0.1) is 0 Å². The molecule has 7 heteroatoms. The second-order valence-electron chi connectivity index (χ2n) is 7.58. The van der Waals surface area contributed by atoms with Crippen molar-refractivity contribution in [2.45, 2.75) is 18.8 Å². The van der Waals surface area contributed by atoms with E-state index >= 15 is 0 Å². The van der Waals surface area contributed by atoms with E-state index in [1.54, 1.807) is 19.2 Å². The second-order valence-corrected chi connectivity index (χ2v) is 7.98. The van der Waals surface area contributed by atoms with Crippen molar-refractivity contribution in [3.05, 3.63) is 53.2 Å². The number of hydrogen-bond donors (Lipinski definition) is 2. The number of benzene rings is 2. The van der Waals surface area contributed by atoms with Gasteiger partial charge in [-0.15, -0.1) is 0 Å². The summed E-state index contributed by atoms with van der Waals surface area (Å²) in [5, 5.41) is 4.66. The molecule has 0 spiro atoms. The standard InChI is InChI=1S/C23H26ClN3O3/c1-29-21-12-20(22(30-2)11-18(21)24)26-23(28)14-27-9-7-15(8-10-27)17-13-25-19-6-4-3-5-16(17)19/h3-6,11-13,15,25H,7-10,14H2,1-2H3,(H,26,28). The first-order chi connectivity index (χ1) is 14.6. The summed E-state index contributed by atoms with van der Waals surface area (Å²) in [7, 11) is 3.08. The number of piperidine rings is 1. The van der Waals surface area contributed by atoms with E-state index in [-0.39, 0.29) is 5.91 Å². The Bertz CT molecular complexity index is 1040. The number of rotatable bonds is 6. The normalized spacial score (nSPS) is 15.3. The van der Waals surface area contributed by atoms with Crippen molar-refractivity contribution in [1.82, 2.24) is 9.88 Å². The van der Waals surface area contributed by atoms with Gasteiger partial charge < -0.3 is 19.8 Å². The zero-order chi connectivity index (χ0) is 21.1. The molecule has 1 saturated heterocycles. The molecule has 1 fully saturated rings. The predicted octanol–water partition coefficient (Wildman–Crippen LogP) is 4.66. The van der Waals surface area contributed by atoms with Gasteiger partial charge in [0.25, 0.3) is 0 Å². The number of ether oxygens (including phenoxy) is 2. The molecule has 0 unspecified atom stereocenters. The highest BCUT2D eigenvalue weighted by Crippen LogP contribution is 2.36. The number of para-hydroxylation sites is 1. The van der Waals surface area contributed by atoms with Crippen molar-refractivity contribution < 1.29 is 14.3 Å². The molecule has 158 valence electrons. The summed E-state index contributed by atoms with van der Waals surface area (Å²) in [4.78, 5) is 18.2. The van der Waals surface area contributed by atoms with Crippen LogP contribution in [0.4, 0.5) is 5.69 Å². The molecule has 3 aromatic rings. The minimum absolute atomic E-state index is 0.0804. The number of amides is 1. The average molecular weight is 428 g/mol. The lowest BCUT2D eigenvalue weighted by Gasteiger charge is -2.31. The SMILES string of the molecule is COc1cc(NC(=O)CN2CCC(c3c[nH]c4ccccc34)CC2)c(OC)cc1Cl. The van der Waals surface area contributed by atoms with E-state index in [0.29, 0.717) is 34.7 Å². The minimum Gasteiger partial charge on any atom is -0.495 e. The molecule has 2 N–H and O–H groups in total. The summed E-state index contributed by atoms with van der Waals surface area (Å²) in [6.07, 6.45) is 4.21. The van der Waals surface area contributed by atoms with Crippen LogP contribution in [0.25, 0.3) is 10.9 Å². The monoisotopic (exact) mass is 427 g/mol. The largest absolute Gasteiger partial charge is 0.495 e. The lowest BCUT2D eigenvalue weighted by Crippen LogP contribution is -2.38. The number of hydrogen-bond acceptors (Lipinski definition) is 4. The molecule has 0 saturated carbocycles. The van der Waals surface area contributed by atoms with Gasteiger partial charge in [-0.05, 0) is 43.5 Å². The zero-order valence-corrected chi connectivity index (χ0v) is 18.0. The molecular weight excluding hydrogens is 402 g/mol. The first-order valence-corrected chi connectivity index (χ1v) is 10.5. The van der Waals surface area contributed by atoms with Crippen molar-refractivity contribution in [3.8, 4) is 11.5 Å². The van der Waals surface area contributed by atoms with Crippen LogP contribution in [0.3, 0.4) is 0 Å². The van der Waals surface area contributed by atoms with Gasteiger partial charge in [-0.25, -0.2) is 0 Å². The number of aromatic nitrogens is 1. The summed E-state index contributed by atoms with van der Waals surface area (Å²) < 4.78 is 10.6. The van der Waals surface area contributed by atoms with E-state index in [1.807, 2.05) is 0 Å². The highest BCUT2D eigenvalue weighted by Gasteiger charge is 2.24. The third-order valence-electron chi connectivity index (χ3n) is 5.76. The number of nitrogens with zero attached hydrogens (tertiary/aromatic N) is 1. The Kier molecular flexibility index (Phi) is 6.16. The lowest BCUT2D eigenvalue weighted by molar-refractivity contribution is -0.117. The van der Waals surface area contributed by atoms with Crippen LogP contribution in [-0.2, 0) is 4.79 Å². The number of H-pyrrole nitrogens is 1. The van der Waals surface area contributed by atoms with Gasteiger partial charge in [-0.3, -0.25) is 9.69 Å².